The number of hydrogen-bond acceptors (Lipinski definition) is 10. The zero-order chi connectivity index (χ0) is 38.4. The van der Waals surface area contributed by atoms with E-state index in [2.05, 4.69) is 10.6 Å². The summed E-state index contributed by atoms with van der Waals surface area (Å²) in [4.78, 5) is 39.0. The number of benzene rings is 3. The topological polar surface area (TPSA) is 140 Å². The highest BCUT2D eigenvalue weighted by atomic mass is 16.7. The van der Waals surface area contributed by atoms with Crippen molar-refractivity contribution in [2.75, 3.05) is 13.2 Å². The minimum absolute atomic E-state index is 0.0812. The van der Waals surface area contributed by atoms with Gasteiger partial charge in [-0.1, -0.05) is 91.0 Å². The minimum atomic E-state index is -1.28. The lowest BCUT2D eigenvalue weighted by Crippen LogP contribution is -2.66. The van der Waals surface area contributed by atoms with Crippen LogP contribution in [0.4, 0.5) is 4.79 Å². The van der Waals surface area contributed by atoms with Gasteiger partial charge in [0.1, 0.15) is 35.6 Å². The summed E-state index contributed by atoms with van der Waals surface area (Å²) in [5.41, 5.74) is 1.13. The van der Waals surface area contributed by atoms with Gasteiger partial charge in [-0.15, -0.1) is 0 Å². The summed E-state index contributed by atoms with van der Waals surface area (Å²) in [7, 11) is 0. The molecule has 12 nitrogen and oxygen atoms in total. The highest BCUT2D eigenvalue weighted by Gasteiger charge is 2.49. The molecule has 2 amide bonds. The van der Waals surface area contributed by atoms with Gasteiger partial charge >= 0.3 is 12.1 Å². The average molecular weight is 735 g/mol. The van der Waals surface area contributed by atoms with Gasteiger partial charge in [0, 0.05) is 6.92 Å². The quantitative estimate of drug-likeness (QED) is 0.172. The van der Waals surface area contributed by atoms with Crippen molar-refractivity contribution in [3.05, 3.63) is 108 Å². The van der Waals surface area contributed by atoms with Crippen LogP contribution >= 0.6 is 0 Å². The molecule has 0 spiro atoms. The van der Waals surface area contributed by atoms with Crippen molar-refractivity contribution in [2.45, 2.75) is 116 Å². The van der Waals surface area contributed by atoms with E-state index in [-0.39, 0.29) is 32.3 Å². The fourth-order valence-electron chi connectivity index (χ4n) is 5.55. The van der Waals surface area contributed by atoms with Crippen LogP contribution in [-0.4, -0.2) is 79.1 Å². The van der Waals surface area contributed by atoms with E-state index in [1.54, 1.807) is 41.5 Å². The molecule has 0 unspecified atom stereocenters. The highest BCUT2D eigenvalue weighted by molar-refractivity contribution is 5.81. The molecule has 0 radical (unpaired) electrons. The van der Waals surface area contributed by atoms with Gasteiger partial charge in [-0.2, -0.15) is 0 Å². The van der Waals surface area contributed by atoms with Gasteiger partial charge in [0.15, 0.2) is 12.3 Å². The second-order valence-corrected chi connectivity index (χ2v) is 14.9. The van der Waals surface area contributed by atoms with Gasteiger partial charge in [-0.05, 0) is 58.2 Å². The molecule has 6 atom stereocenters. The van der Waals surface area contributed by atoms with Crippen LogP contribution in [0.3, 0.4) is 0 Å². The summed E-state index contributed by atoms with van der Waals surface area (Å²) >= 11 is 0. The molecule has 1 saturated heterocycles. The molecule has 0 saturated carbocycles. The van der Waals surface area contributed by atoms with Crippen LogP contribution < -0.4 is 10.6 Å². The monoisotopic (exact) mass is 734 g/mol. The molecular weight excluding hydrogens is 680 g/mol. The Morgan fingerprint density at radius 3 is 1.66 bits per heavy atom. The zero-order valence-electron chi connectivity index (χ0n) is 31.7. The molecule has 4 rings (SSSR count). The number of carbonyl (C=O) groups excluding carboxylic acids is 3. The maximum atomic E-state index is 13.4. The second kappa shape index (κ2) is 19.7. The van der Waals surface area contributed by atoms with E-state index in [4.69, 9.17) is 33.2 Å². The molecular formula is C41H54N2O10. The standard InChI is InChI=1S/C41H54N2O10/c1-28(44)42-34-36(49-25-31-21-15-10-16-22-31)35(48-24-30-19-13-9-14-20-30)33(27-47-23-29-17-11-8-12-18-29)51-38(34)50-26-32(37(45)52-40(2,3)4)43-39(46)53-41(5,6)7/h8-22,32-36,38H,23-27H2,1-7H3,(H,42,44)(H,43,46)/t32-,33+,34+,35-,36+,38-/m0/s1. The van der Waals surface area contributed by atoms with Crippen LogP contribution in [0.25, 0.3) is 0 Å². The number of amides is 2. The van der Waals surface area contributed by atoms with Crippen LogP contribution in [0, 0.1) is 0 Å². The normalized spacial score (nSPS) is 20.9. The summed E-state index contributed by atoms with van der Waals surface area (Å²) in [5, 5.41) is 5.52. The smallest absolute Gasteiger partial charge is 0.408 e. The number of nitrogens with one attached hydrogen (secondary N) is 2. The predicted octanol–water partition coefficient (Wildman–Crippen LogP) is 5.86. The van der Waals surface area contributed by atoms with Crippen LogP contribution in [0.2, 0.25) is 0 Å². The van der Waals surface area contributed by atoms with Crippen molar-refractivity contribution < 1.29 is 47.5 Å². The first-order chi connectivity index (χ1) is 25.2. The summed E-state index contributed by atoms with van der Waals surface area (Å²) in [6, 6.07) is 26.8. The Hall–Kier alpha value is -4.33. The fraction of sp³-hybridized carbons (Fsp3) is 0.488. The molecule has 53 heavy (non-hydrogen) atoms. The average Bonchev–Trinajstić information content (AvgIpc) is 3.09. The molecule has 0 aliphatic carbocycles. The van der Waals surface area contributed by atoms with Crippen LogP contribution in [0.1, 0.15) is 65.2 Å². The predicted molar refractivity (Wildman–Crippen MR) is 197 cm³/mol. The van der Waals surface area contributed by atoms with E-state index in [1.165, 1.54) is 6.92 Å². The molecule has 3 aromatic rings. The Morgan fingerprint density at radius 1 is 0.679 bits per heavy atom. The molecule has 2 N–H and O–H groups in total. The molecule has 1 heterocycles. The lowest BCUT2D eigenvalue weighted by molar-refractivity contribution is -0.291. The lowest BCUT2D eigenvalue weighted by Gasteiger charge is -2.46. The Labute approximate surface area is 312 Å². The molecule has 1 fully saturated rings. The lowest BCUT2D eigenvalue weighted by atomic mass is 9.95. The first kappa shape index (κ1) is 41.4. The van der Waals surface area contributed by atoms with Crippen LogP contribution in [-0.2, 0) is 62.6 Å². The van der Waals surface area contributed by atoms with E-state index >= 15 is 0 Å². The van der Waals surface area contributed by atoms with Gasteiger partial charge in [-0.3, -0.25) is 4.79 Å². The summed E-state index contributed by atoms with van der Waals surface area (Å²) in [5.74, 6) is -1.10. The fourth-order valence-corrected chi connectivity index (χ4v) is 5.55. The third-order valence-corrected chi connectivity index (χ3v) is 7.79. The van der Waals surface area contributed by atoms with Gasteiger partial charge in [0.25, 0.3) is 0 Å². The zero-order valence-corrected chi connectivity index (χ0v) is 31.7. The van der Waals surface area contributed by atoms with Crippen molar-refractivity contribution in [3.63, 3.8) is 0 Å². The summed E-state index contributed by atoms with van der Waals surface area (Å²) in [6.07, 6.45) is -4.31. The van der Waals surface area contributed by atoms with Crippen molar-refractivity contribution >= 4 is 18.0 Å². The van der Waals surface area contributed by atoms with Gasteiger partial charge in [0.05, 0.1) is 33.0 Å². The van der Waals surface area contributed by atoms with Gasteiger partial charge in [-0.25, -0.2) is 9.59 Å². The number of hydrogen-bond donors (Lipinski definition) is 2. The third kappa shape index (κ3) is 14.5. The maximum Gasteiger partial charge on any atom is 0.408 e. The number of carbonyl (C=O) groups is 3. The van der Waals surface area contributed by atoms with E-state index < -0.39 is 60.0 Å². The van der Waals surface area contributed by atoms with E-state index in [0.29, 0.717) is 6.61 Å². The number of ether oxygens (including phenoxy) is 7. The van der Waals surface area contributed by atoms with E-state index in [0.717, 1.165) is 16.7 Å². The second-order valence-electron chi connectivity index (χ2n) is 14.9. The number of esters is 1. The molecule has 1 aliphatic rings. The third-order valence-electron chi connectivity index (χ3n) is 7.79. The first-order valence-corrected chi connectivity index (χ1v) is 17.9. The Morgan fingerprint density at radius 2 is 1.17 bits per heavy atom. The van der Waals surface area contributed by atoms with Crippen molar-refractivity contribution in [3.8, 4) is 0 Å². The van der Waals surface area contributed by atoms with Crippen molar-refractivity contribution in [1.82, 2.24) is 10.6 Å². The molecule has 0 bridgehead atoms. The molecule has 3 aromatic carbocycles. The Balaban J connectivity index is 1.66. The number of rotatable bonds is 16. The first-order valence-electron chi connectivity index (χ1n) is 17.9. The molecule has 0 aromatic heterocycles. The summed E-state index contributed by atoms with van der Waals surface area (Å²) < 4.78 is 43.3. The van der Waals surface area contributed by atoms with Crippen LogP contribution in [0.15, 0.2) is 91.0 Å². The van der Waals surface area contributed by atoms with E-state index in [9.17, 15) is 14.4 Å². The SMILES string of the molecule is CC(=O)N[C@H]1[C@@H](OC[C@H](NC(=O)OC(C)(C)C)C(=O)OC(C)(C)C)O[C@H](COCc2ccccc2)[C@H](OCc2ccccc2)[C@@H]1OCc1ccccc1. The van der Waals surface area contributed by atoms with Gasteiger partial charge < -0.3 is 43.8 Å². The number of alkyl carbamates (subject to hydrolysis) is 1. The van der Waals surface area contributed by atoms with Crippen LogP contribution in [0.5, 0.6) is 0 Å². The highest BCUT2D eigenvalue weighted by Crippen LogP contribution is 2.30. The maximum absolute atomic E-state index is 13.4. The minimum Gasteiger partial charge on any atom is -0.458 e. The largest absolute Gasteiger partial charge is 0.458 e. The molecule has 1 aliphatic heterocycles. The van der Waals surface area contributed by atoms with Crippen molar-refractivity contribution in [2.24, 2.45) is 0 Å². The molecule has 288 valence electrons. The van der Waals surface area contributed by atoms with Crippen molar-refractivity contribution in [1.29, 1.82) is 0 Å². The Kier molecular flexibility index (Phi) is 15.4. The van der Waals surface area contributed by atoms with E-state index in [1.807, 2.05) is 91.0 Å². The summed E-state index contributed by atoms with van der Waals surface area (Å²) in [6.45, 7) is 12.1. The Bertz CT molecular complexity index is 1560. The molecule has 12 heteroatoms. The van der Waals surface area contributed by atoms with Gasteiger partial charge in [0.2, 0.25) is 5.91 Å².